The smallest absolute Gasteiger partial charge is 0.280 e. The lowest BCUT2D eigenvalue weighted by atomic mass is 10.3. The van der Waals surface area contributed by atoms with Crippen LogP contribution < -0.4 is 5.32 Å². The van der Waals surface area contributed by atoms with Crippen LogP contribution in [0.1, 0.15) is 47.1 Å². The largest absolute Gasteiger partial charge is 0.319 e. The number of carbonyl (C=O) groups is 1. The van der Waals surface area contributed by atoms with Gasteiger partial charge in [-0.05, 0) is 37.1 Å². The van der Waals surface area contributed by atoms with Gasteiger partial charge >= 0.3 is 0 Å². The van der Waals surface area contributed by atoms with Crippen molar-refractivity contribution in [3.8, 4) is 0 Å². The molecule has 1 N–H and O–H groups in total. The second kappa shape index (κ2) is 5.67. The SMILES string of the molecule is O=C(Nc1ccc2nc(C3CC3)cn2c1)c1cccc(C(F)F)n1. The molecule has 1 saturated carbocycles. The van der Waals surface area contributed by atoms with Crippen molar-refractivity contribution in [1.82, 2.24) is 14.4 Å². The van der Waals surface area contributed by atoms with E-state index in [4.69, 9.17) is 0 Å². The first kappa shape index (κ1) is 14.7. The van der Waals surface area contributed by atoms with Gasteiger partial charge in [-0.1, -0.05) is 6.07 Å². The first-order valence-electron chi connectivity index (χ1n) is 7.65. The van der Waals surface area contributed by atoms with E-state index in [0.717, 1.165) is 11.3 Å². The summed E-state index contributed by atoms with van der Waals surface area (Å²) in [6.07, 6.45) is 3.33. The molecule has 7 heteroatoms. The van der Waals surface area contributed by atoms with Crippen LogP contribution in [0.4, 0.5) is 14.5 Å². The minimum Gasteiger partial charge on any atom is -0.319 e. The van der Waals surface area contributed by atoms with Gasteiger partial charge in [-0.25, -0.2) is 18.7 Å². The standard InChI is InChI=1S/C17H14F2N4O/c18-16(19)12-2-1-3-13(21-12)17(24)20-11-6-7-15-22-14(10-4-5-10)9-23(15)8-11/h1-3,6-10,16H,4-5H2,(H,20,24). The number of amides is 1. The van der Waals surface area contributed by atoms with Gasteiger partial charge in [0, 0.05) is 18.3 Å². The number of nitrogens with one attached hydrogen (secondary N) is 1. The first-order valence-corrected chi connectivity index (χ1v) is 7.65. The van der Waals surface area contributed by atoms with Crippen molar-refractivity contribution >= 4 is 17.2 Å². The third kappa shape index (κ3) is 2.84. The van der Waals surface area contributed by atoms with Gasteiger partial charge in [0.25, 0.3) is 12.3 Å². The van der Waals surface area contributed by atoms with E-state index >= 15 is 0 Å². The average Bonchev–Trinajstić information content (AvgIpc) is 3.34. The number of fused-ring (bicyclic) bond motifs is 1. The molecule has 0 radical (unpaired) electrons. The molecule has 0 atom stereocenters. The molecule has 1 aliphatic rings. The van der Waals surface area contributed by atoms with Gasteiger partial charge in [-0.3, -0.25) is 4.79 Å². The summed E-state index contributed by atoms with van der Waals surface area (Å²) in [5, 5.41) is 2.68. The third-order valence-corrected chi connectivity index (χ3v) is 3.95. The number of anilines is 1. The Morgan fingerprint density at radius 3 is 2.75 bits per heavy atom. The van der Waals surface area contributed by atoms with E-state index in [0.29, 0.717) is 11.6 Å². The summed E-state index contributed by atoms with van der Waals surface area (Å²) in [4.78, 5) is 20.4. The molecule has 3 aromatic heterocycles. The Morgan fingerprint density at radius 2 is 2.00 bits per heavy atom. The fourth-order valence-electron chi connectivity index (χ4n) is 2.56. The van der Waals surface area contributed by atoms with Crippen molar-refractivity contribution in [2.45, 2.75) is 25.2 Å². The normalized spacial score (nSPS) is 14.3. The molecule has 1 fully saturated rings. The van der Waals surface area contributed by atoms with Gasteiger partial charge in [0.15, 0.2) is 0 Å². The molecule has 122 valence electrons. The Hall–Kier alpha value is -2.83. The maximum absolute atomic E-state index is 12.7. The number of halogens is 2. The first-order chi connectivity index (χ1) is 11.6. The van der Waals surface area contributed by atoms with Crippen molar-refractivity contribution in [2.75, 3.05) is 5.32 Å². The minimum absolute atomic E-state index is 0.0443. The molecule has 24 heavy (non-hydrogen) atoms. The Kier molecular flexibility index (Phi) is 3.48. The summed E-state index contributed by atoms with van der Waals surface area (Å²) in [5.41, 5.74) is 1.97. The van der Waals surface area contributed by atoms with Crippen molar-refractivity contribution in [1.29, 1.82) is 0 Å². The summed E-state index contributed by atoms with van der Waals surface area (Å²) in [6, 6.07) is 7.53. The lowest BCUT2D eigenvalue weighted by molar-refractivity contribution is 0.102. The number of hydrogen-bond donors (Lipinski definition) is 1. The number of hydrogen-bond acceptors (Lipinski definition) is 3. The summed E-state index contributed by atoms with van der Waals surface area (Å²) in [6.45, 7) is 0. The molecular formula is C17H14F2N4O. The van der Waals surface area contributed by atoms with Gasteiger partial charge in [-0.2, -0.15) is 0 Å². The van der Waals surface area contributed by atoms with E-state index in [-0.39, 0.29) is 5.69 Å². The molecule has 3 heterocycles. The quantitative estimate of drug-likeness (QED) is 0.792. The van der Waals surface area contributed by atoms with E-state index in [2.05, 4.69) is 15.3 Å². The maximum atomic E-state index is 12.7. The highest BCUT2D eigenvalue weighted by Gasteiger charge is 2.26. The van der Waals surface area contributed by atoms with Gasteiger partial charge in [-0.15, -0.1) is 0 Å². The van der Waals surface area contributed by atoms with Crippen LogP contribution in [-0.4, -0.2) is 20.3 Å². The maximum Gasteiger partial charge on any atom is 0.280 e. The predicted octanol–water partition coefficient (Wildman–Crippen LogP) is 3.80. The summed E-state index contributed by atoms with van der Waals surface area (Å²) >= 11 is 0. The number of pyridine rings is 2. The fourth-order valence-corrected chi connectivity index (χ4v) is 2.56. The van der Waals surface area contributed by atoms with Crippen LogP contribution in [0.2, 0.25) is 0 Å². The van der Waals surface area contributed by atoms with Crippen molar-refractivity contribution in [2.24, 2.45) is 0 Å². The molecule has 1 aliphatic carbocycles. The molecule has 0 unspecified atom stereocenters. The van der Waals surface area contributed by atoms with Crippen LogP contribution >= 0.6 is 0 Å². The summed E-state index contributed by atoms with van der Waals surface area (Å²) in [7, 11) is 0. The molecule has 5 nitrogen and oxygen atoms in total. The number of aromatic nitrogens is 3. The number of imidazole rings is 1. The van der Waals surface area contributed by atoms with Gasteiger partial charge in [0.1, 0.15) is 17.0 Å². The second-order valence-corrected chi connectivity index (χ2v) is 5.83. The Morgan fingerprint density at radius 1 is 1.17 bits per heavy atom. The highest BCUT2D eigenvalue weighted by atomic mass is 19.3. The zero-order valence-corrected chi connectivity index (χ0v) is 12.6. The highest BCUT2D eigenvalue weighted by molar-refractivity contribution is 6.02. The van der Waals surface area contributed by atoms with E-state index in [9.17, 15) is 13.6 Å². The molecule has 0 aliphatic heterocycles. The molecule has 1 amide bonds. The average molecular weight is 328 g/mol. The van der Waals surface area contributed by atoms with Crippen LogP contribution in [0.15, 0.2) is 42.7 Å². The lowest BCUT2D eigenvalue weighted by Gasteiger charge is -2.06. The van der Waals surface area contributed by atoms with Crippen LogP contribution in [0.5, 0.6) is 0 Å². The van der Waals surface area contributed by atoms with Gasteiger partial charge in [0.05, 0.1) is 11.4 Å². The lowest BCUT2D eigenvalue weighted by Crippen LogP contribution is -2.14. The van der Waals surface area contributed by atoms with Crippen LogP contribution in [-0.2, 0) is 0 Å². The second-order valence-electron chi connectivity index (χ2n) is 5.83. The van der Waals surface area contributed by atoms with Crippen LogP contribution in [0.3, 0.4) is 0 Å². The monoisotopic (exact) mass is 328 g/mol. The topological polar surface area (TPSA) is 59.3 Å². The summed E-state index contributed by atoms with van der Waals surface area (Å²) < 4.78 is 27.2. The Balaban J connectivity index is 1.56. The van der Waals surface area contributed by atoms with E-state index in [1.807, 2.05) is 16.7 Å². The van der Waals surface area contributed by atoms with Crippen molar-refractivity contribution in [3.05, 3.63) is 59.8 Å². The van der Waals surface area contributed by atoms with Crippen molar-refractivity contribution in [3.63, 3.8) is 0 Å². The van der Waals surface area contributed by atoms with Gasteiger partial charge < -0.3 is 9.72 Å². The van der Waals surface area contributed by atoms with E-state index in [1.54, 1.807) is 12.3 Å². The molecule has 0 aromatic carbocycles. The molecule has 0 saturated heterocycles. The molecule has 0 spiro atoms. The molecular weight excluding hydrogens is 314 g/mol. The third-order valence-electron chi connectivity index (χ3n) is 3.95. The Labute approximate surface area is 136 Å². The molecule has 3 aromatic rings. The fraction of sp³-hybridized carbons (Fsp3) is 0.235. The summed E-state index contributed by atoms with van der Waals surface area (Å²) in [5.74, 6) is 0.0172. The number of nitrogens with zero attached hydrogens (tertiary/aromatic N) is 3. The Bertz CT molecular complexity index is 918. The number of carbonyl (C=O) groups excluding carboxylic acids is 1. The zero-order chi connectivity index (χ0) is 16.7. The molecule has 0 bridgehead atoms. The number of rotatable bonds is 4. The predicted molar refractivity (Wildman–Crippen MR) is 84.3 cm³/mol. The van der Waals surface area contributed by atoms with Crippen molar-refractivity contribution < 1.29 is 13.6 Å². The minimum atomic E-state index is -2.71. The molecule has 4 rings (SSSR count). The van der Waals surface area contributed by atoms with Crippen LogP contribution in [0, 0.1) is 0 Å². The number of alkyl halides is 2. The highest BCUT2D eigenvalue weighted by Crippen LogP contribution is 2.39. The zero-order valence-electron chi connectivity index (χ0n) is 12.6. The van der Waals surface area contributed by atoms with Crippen LogP contribution in [0.25, 0.3) is 5.65 Å². The van der Waals surface area contributed by atoms with E-state index in [1.165, 1.54) is 31.0 Å². The van der Waals surface area contributed by atoms with Gasteiger partial charge in [0.2, 0.25) is 0 Å². The van der Waals surface area contributed by atoms with E-state index < -0.39 is 18.0 Å².